The lowest BCUT2D eigenvalue weighted by molar-refractivity contribution is 0.404. The van der Waals surface area contributed by atoms with E-state index in [9.17, 15) is 0 Å². The minimum absolute atomic E-state index is 0.345. The first-order valence-electron chi connectivity index (χ1n) is 5.30. The molecule has 94 valence electrons. The zero-order chi connectivity index (χ0) is 13.0. The molecule has 0 aliphatic carbocycles. The van der Waals surface area contributed by atoms with Crippen LogP contribution in [0.25, 0.3) is 11.3 Å². The number of benzene rings is 1. The fraction of sp³-hybridized carbons (Fsp3) is 0.167. The van der Waals surface area contributed by atoms with Crippen LogP contribution >= 0.6 is 0 Å². The van der Waals surface area contributed by atoms with E-state index in [4.69, 9.17) is 15.3 Å². The van der Waals surface area contributed by atoms with Crippen molar-refractivity contribution in [2.75, 3.05) is 19.6 Å². The minimum Gasteiger partial charge on any atom is -0.497 e. The number of ether oxygens (including phenoxy) is 2. The highest BCUT2D eigenvalue weighted by Crippen LogP contribution is 2.32. The number of nitrogen functional groups attached to an aromatic ring is 1. The normalized spacial score (nSPS) is 9.94. The summed E-state index contributed by atoms with van der Waals surface area (Å²) in [6, 6.07) is 7.27. The van der Waals surface area contributed by atoms with Crippen LogP contribution in [0.5, 0.6) is 11.5 Å². The Morgan fingerprint density at radius 2 is 2.00 bits per heavy atom. The van der Waals surface area contributed by atoms with E-state index >= 15 is 0 Å². The number of hydrogen-bond acceptors (Lipinski definition) is 6. The maximum absolute atomic E-state index is 5.31. The van der Waals surface area contributed by atoms with Gasteiger partial charge in [0.1, 0.15) is 11.5 Å². The minimum atomic E-state index is 0.345. The monoisotopic (exact) mass is 246 g/mol. The summed E-state index contributed by atoms with van der Waals surface area (Å²) in [5.41, 5.74) is 3.93. The summed E-state index contributed by atoms with van der Waals surface area (Å²) in [6.07, 6.45) is 1.62. The van der Waals surface area contributed by atoms with Crippen LogP contribution in [0, 0.1) is 0 Å². The predicted molar refractivity (Wildman–Crippen MR) is 68.4 cm³/mol. The molecule has 3 N–H and O–H groups in total. The third-order valence-electron chi connectivity index (χ3n) is 2.47. The molecule has 1 aromatic carbocycles. The van der Waals surface area contributed by atoms with Crippen LogP contribution in [-0.2, 0) is 0 Å². The molecule has 2 aromatic rings. The van der Waals surface area contributed by atoms with Crippen LogP contribution in [0.3, 0.4) is 0 Å². The summed E-state index contributed by atoms with van der Waals surface area (Å²) in [5, 5.41) is 0. The lowest BCUT2D eigenvalue weighted by Crippen LogP contribution is -2.10. The van der Waals surface area contributed by atoms with E-state index < -0.39 is 0 Å². The highest BCUT2D eigenvalue weighted by molar-refractivity contribution is 5.69. The lowest BCUT2D eigenvalue weighted by Gasteiger charge is -2.10. The van der Waals surface area contributed by atoms with Gasteiger partial charge in [0, 0.05) is 11.8 Å². The van der Waals surface area contributed by atoms with Crippen molar-refractivity contribution < 1.29 is 9.47 Å². The molecular weight excluding hydrogens is 232 g/mol. The molecule has 6 nitrogen and oxygen atoms in total. The van der Waals surface area contributed by atoms with Gasteiger partial charge in [0.05, 0.1) is 19.9 Å². The molecule has 0 aliphatic rings. The van der Waals surface area contributed by atoms with Crippen LogP contribution in [-0.4, -0.2) is 24.2 Å². The van der Waals surface area contributed by atoms with Gasteiger partial charge in [-0.25, -0.2) is 15.8 Å². The maximum atomic E-state index is 5.31. The second-order valence-electron chi connectivity index (χ2n) is 3.48. The Hall–Kier alpha value is -2.34. The van der Waals surface area contributed by atoms with Gasteiger partial charge in [-0.3, -0.25) is 5.43 Å². The van der Waals surface area contributed by atoms with Gasteiger partial charge < -0.3 is 9.47 Å². The molecule has 0 bridgehead atoms. The van der Waals surface area contributed by atoms with E-state index in [0.29, 0.717) is 17.4 Å². The smallest absolute Gasteiger partial charge is 0.237 e. The van der Waals surface area contributed by atoms with Crippen molar-refractivity contribution in [3.8, 4) is 22.8 Å². The largest absolute Gasteiger partial charge is 0.497 e. The summed E-state index contributed by atoms with van der Waals surface area (Å²) < 4.78 is 10.5. The third-order valence-corrected chi connectivity index (χ3v) is 2.47. The van der Waals surface area contributed by atoms with Crippen LogP contribution < -0.4 is 20.7 Å². The predicted octanol–water partition coefficient (Wildman–Crippen LogP) is 1.45. The highest BCUT2D eigenvalue weighted by Gasteiger charge is 2.09. The summed E-state index contributed by atoms with van der Waals surface area (Å²) >= 11 is 0. The number of aromatic nitrogens is 2. The van der Waals surface area contributed by atoms with Crippen LogP contribution in [0.15, 0.2) is 30.5 Å². The number of nitrogens with zero attached hydrogens (tertiary/aromatic N) is 2. The van der Waals surface area contributed by atoms with Crippen molar-refractivity contribution in [2.45, 2.75) is 0 Å². The Balaban J connectivity index is 2.53. The second kappa shape index (κ2) is 5.33. The van der Waals surface area contributed by atoms with E-state index in [0.717, 1.165) is 11.3 Å². The Kier molecular flexibility index (Phi) is 3.59. The van der Waals surface area contributed by atoms with Gasteiger partial charge >= 0.3 is 0 Å². The molecule has 1 aromatic heterocycles. The topological polar surface area (TPSA) is 82.3 Å². The molecule has 0 saturated heterocycles. The Morgan fingerprint density at radius 1 is 1.17 bits per heavy atom. The van der Waals surface area contributed by atoms with E-state index in [2.05, 4.69) is 15.4 Å². The van der Waals surface area contributed by atoms with Crippen LogP contribution in [0.4, 0.5) is 5.95 Å². The van der Waals surface area contributed by atoms with Crippen molar-refractivity contribution in [2.24, 2.45) is 5.84 Å². The zero-order valence-corrected chi connectivity index (χ0v) is 10.2. The molecule has 0 radical (unpaired) electrons. The summed E-state index contributed by atoms with van der Waals surface area (Å²) in [7, 11) is 3.22. The third kappa shape index (κ3) is 2.33. The summed E-state index contributed by atoms with van der Waals surface area (Å²) in [5.74, 6) is 7.07. The average Bonchev–Trinajstić information content (AvgIpc) is 2.46. The number of rotatable bonds is 4. The molecule has 6 heteroatoms. The van der Waals surface area contributed by atoms with Gasteiger partial charge in [0.2, 0.25) is 5.95 Å². The van der Waals surface area contributed by atoms with Gasteiger partial charge in [-0.2, -0.15) is 0 Å². The van der Waals surface area contributed by atoms with E-state index in [1.807, 2.05) is 18.2 Å². The highest BCUT2D eigenvalue weighted by atomic mass is 16.5. The van der Waals surface area contributed by atoms with E-state index in [1.165, 1.54) is 0 Å². The Labute approximate surface area is 105 Å². The van der Waals surface area contributed by atoms with Crippen LogP contribution in [0.1, 0.15) is 0 Å². The Bertz CT molecular complexity index is 545. The molecule has 0 aliphatic heterocycles. The fourth-order valence-electron chi connectivity index (χ4n) is 1.59. The number of nitrogens with two attached hydrogens (primary N) is 1. The van der Waals surface area contributed by atoms with Crippen LogP contribution in [0.2, 0.25) is 0 Å². The first-order chi connectivity index (χ1) is 8.78. The summed E-state index contributed by atoms with van der Waals surface area (Å²) in [4.78, 5) is 8.22. The molecule has 1 heterocycles. The summed E-state index contributed by atoms with van der Waals surface area (Å²) in [6.45, 7) is 0. The van der Waals surface area contributed by atoms with Gasteiger partial charge in [-0.05, 0) is 24.3 Å². The van der Waals surface area contributed by atoms with Gasteiger partial charge in [-0.1, -0.05) is 0 Å². The molecule has 2 rings (SSSR count). The zero-order valence-electron chi connectivity index (χ0n) is 10.2. The van der Waals surface area contributed by atoms with E-state index in [1.54, 1.807) is 26.5 Å². The standard InChI is InChI=1S/C12H14N4O2/c1-17-8-3-4-11(18-2)9(7-8)10-5-6-14-12(15-10)16-13/h3-7H,13H2,1-2H3,(H,14,15,16). The molecule has 0 spiro atoms. The van der Waals surface area contributed by atoms with Crippen molar-refractivity contribution in [3.63, 3.8) is 0 Å². The number of hydrazine groups is 1. The molecule has 18 heavy (non-hydrogen) atoms. The van der Waals surface area contributed by atoms with Crippen molar-refractivity contribution in [1.29, 1.82) is 0 Å². The van der Waals surface area contributed by atoms with Crippen molar-refractivity contribution in [3.05, 3.63) is 30.5 Å². The first kappa shape index (κ1) is 12.1. The average molecular weight is 246 g/mol. The van der Waals surface area contributed by atoms with Crippen molar-refractivity contribution >= 4 is 5.95 Å². The molecule has 0 fully saturated rings. The van der Waals surface area contributed by atoms with E-state index in [-0.39, 0.29) is 0 Å². The quantitative estimate of drug-likeness (QED) is 0.627. The first-order valence-corrected chi connectivity index (χ1v) is 5.30. The van der Waals surface area contributed by atoms with Gasteiger partial charge in [0.25, 0.3) is 0 Å². The molecule has 0 saturated carbocycles. The lowest BCUT2D eigenvalue weighted by atomic mass is 10.1. The number of anilines is 1. The van der Waals surface area contributed by atoms with Crippen molar-refractivity contribution in [1.82, 2.24) is 9.97 Å². The SMILES string of the molecule is COc1ccc(OC)c(-c2ccnc(NN)n2)c1. The maximum Gasteiger partial charge on any atom is 0.237 e. The van der Waals surface area contributed by atoms with Gasteiger partial charge in [-0.15, -0.1) is 0 Å². The van der Waals surface area contributed by atoms with Gasteiger partial charge in [0.15, 0.2) is 0 Å². The second-order valence-corrected chi connectivity index (χ2v) is 3.48. The molecule has 0 unspecified atom stereocenters. The molecule has 0 amide bonds. The molecule has 0 atom stereocenters. The number of nitrogens with one attached hydrogen (secondary N) is 1. The molecular formula is C12H14N4O2. The fourth-order valence-corrected chi connectivity index (χ4v) is 1.59. The number of hydrogen-bond donors (Lipinski definition) is 2. The number of methoxy groups -OCH3 is 2. The Morgan fingerprint density at radius 3 is 2.67 bits per heavy atom.